The van der Waals surface area contributed by atoms with Gasteiger partial charge >= 0.3 is 0 Å². The highest BCUT2D eigenvalue weighted by atomic mass is 16.5. The fourth-order valence-corrected chi connectivity index (χ4v) is 6.47. The maximum atomic E-state index is 9.50. The first-order chi connectivity index (χ1) is 23.1. The van der Waals surface area contributed by atoms with Gasteiger partial charge in [0.1, 0.15) is 34.2 Å². The topological polar surface area (TPSA) is 121 Å². The molecule has 0 radical (unpaired) electrons. The summed E-state index contributed by atoms with van der Waals surface area (Å²) in [5.41, 5.74) is 7.08. The Morgan fingerprint density at radius 3 is 1.46 bits per heavy atom. The highest BCUT2D eigenvalue weighted by Gasteiger charge is 2.38. The van der Waals surface area contributed by atoms with Gasteiger partial charge in [-0.25, -0.2) is 9.97 Å². The number of ether oxygens (including phenoxy) is 2. The highest BCUT2D eigenvalue weighted by molar-refractivity contribution is 5.89. The molecule has 9 nitrogen and oxygen atoms in total. The lowest BCUT2D eigenvalue weighted by Crippen LogP contribution is -2.55. The predicted molar refractivity (Wildman–Crippen MR) is 188 cm³/mol. The fraction of sp³-hybridized carbons (Fsp3) is 0.385. The number of nitrogens with one attached hydrogen (secondary N) is 1. The van der Waals surface area contributed by atoms with Gasteiger partial charge in [-0.1, -0.05) is 6.42 Å². The molecule has 2 aromatic heterocycles. The first-order valence-corrected chi connectivity index (χ1v) is 16.8. The second-order valence-electron chi connectivity index (χ2n) is 14.2. The van der Waals surface area contributed by atoms with E-state index in [1.54, 1.807) is 24.3 Å². The molecule has 1 saturated heterocycles. The Kier molecular flexibility index (Phi) is 8.41. The molecule has 4 aliphatic rings. The summed E-state index contributed by atoms with van der Waals surface area (Å²) in [6.45, 7) is 11.8. The minimum atomic E-state index is -0.247. The largest absolute Gasteiger partial charge is 0.508 e. The van der Waals surface area contributed by atoms with Crippen LogP contribution in [0.5, 0.6) is 23.0 Å². The van der Waals surface area contributed by atoms with Crippen LogP contribution in [-0.2, 0) is 13.1 Å². The van der Waals surface area contributed by atoms with Gasteiger partial charge in [-0.3, -0.25) is 9.98 Å². The summed E-state index contributed by atoms with van der Waals surface area (Å²) >= 11 is 0. The molecule has 9 heteroatoms. The van der Waals surface area contributed by atoms with Gasteiger partial charge in [0, 0.05) is 54.7 Å². The number of aromatic hydroxyl groups is 2. The fourth-order valence-electron chi connectivity index (χ4n) is 6.47. The van der Waals surface area contributed by atoms with E-state index in [9.17, 15) is 10.2 Å². The van der Waals surface area contributed by atoms with E-state index in [1.165, 1.54) is 19.3 Å². The average molecular weight is 646 g/mol. The molecule has 2 aromatic carbocycles. The lowest BCUT2D eigenvalue weighted by Gasteiger charge is -2.41. The Labute approximate surface area is 281 Å². The van der Waals surface area contributed by atoms with Gasteiger partial charge in [-0.15, -0.1) is 0 Å². The van der Waals surface area contributed by atoms with E-state index in [-0.39, 0.29) is 22.7 Å². The molecule has 48 heavy (non-hydrogen) atoms. The molecule has 0 bridgehead atoms. The van der Waals surface area contributed by atoms with Crippen LogP contribution in [0, 0.1) is 11.8 Å². The van der Waals surface area contributed by atoms with E-state index in [4.69, 9.17) is 19.4 Å². The van der Waals surface area contributed by atoms with Crippen molar-refractivity contribution in [1.29, 1.82) is 0 Å². The molecule has 1 saturated carbocycles. The number of nitrogens with zero attached hydrogens (tertiary/aromatic N) is 4. The number of benzene rings is 2. The van der Waals surface area contributed by atoms with E-state index < -0.39 is 0 Å². The third kappa shape index (κ3) is 6.52. The predicted octanol–water partition coefficient (Wildman–Crippen LogP) is 7.11. The Bertz CT molecular complexity index is 1720. The van der Waals surface area contributed by atoms with Gasteiger partial charge in [-0.05, 0) is 95.0 Å². The van der Waals surface area contributed by atoms with E-state index in [2.05, 4.69) is 43.0 Å². The van der Waals surface area contributed by atoms with Crippen LogP contribution in [0.1, 0.15) is 69.5 Å². The lowest BCUT2D eigenvalue weighted by atomic mass is 9.74. The zero-order chi connectivity index (χ0) is 33.5. The van der Waals surface area contributed by atoms with Crippen LogP contribution in [0.15, 0.2) is 70.6 Å². The molecule has 5 heterocycles. The van der Waals surface area contributed by atoms with Crippen LogP contribution in [0.3, 0.4) is 0 Å². The third-order valence-corrected chi connectivity index (χ3v) is 10.0. The van der Waals surface area contributed by atoms with Crippen molar-refractivity contribution in [3.63, 3.8) is 0 Å². The van der Waals surface area contributed by atoms with Gasteiger partial charge in [0.25, 0.3) is 0 Å². The number of rotatable bonds is 8. The zero-order valence-corrected chi connectivity index (χ0v) is 28.0. The van der Waals surface area contributed by atoms with Gasteiger partial charge in [-0.2, -0.15) is 0 Å². The molecule has 0 unspecified atom stereocenters. The zero-order valence-electron chi connectivity index (χ0n) is 28.0. The lowest BCUT2D eigenvalue weighted by molar-refractivity contribution is 0.00492. The monoisotopic (exact) mass is 645 g/mol. The number of hydrogen-bond acceptors (Lipinski definition) is 9. The van der Waals surface area contributed by atoms with Crippen molar-refractivity contribution in [1.82, 2.24) is 15.3 Å². The summed E-state index contributed by atoms with van der Waals surface area (Å²) < 4.78 is 12.9. The first kappa shape index (κ1) is 31.8. The van der Waals surface area contributed by atoms with Crippen molar-refractivity contribution in [2.24, 2.45) is 21.8 Å². The number of hydrogen-bond donors (Lipinski definition) is 3. The van der Waals surface area contributed by atoms with Crippen molar-refractivity contribution in [3.05, 3.63) is 83.2 Å². The Morgan fingerprint density at radius 2 is 1.08 bits per heavy atom. The van der Waals surface area contributed by atoms with Crippen LogP contribution in [-0.4, -0.2) is 56.9 Å². The number of pyridine rings is 2. The van der Waals surface area contributed by atoms with Crippen molar-refractivity contribution in [3.8, 4) is 45.5 Å². The Balaban J connectivity index is 0.000000152. The molecule has 0 atom stereocenters. The van der Waals surface area contributed by atoms with Crippen LogP contribution in [0.4, 0.5) is 0 Å². The Hall–Kier alpha value is -4.76. The molecular weight excluding hydrogens is 602 g/mol. The van der Waals surface area contributed by atoms with Crippen LogP contribution in [0.2, 0.25) is 0 Å². The summed E-state index contributed by atoms with van der Waals surface area (Å²) in [5, 5.41) is 22.3. The molecular formula is C39H43N5O4. The van der Waals surface area contributed by atoms with E-state index in [0.29, 0.717) is 24.9 Å². The number of phenolic OH excluding ortho intramolecular Hbond substituents is 2. The van der Waals surface area contributed by atoms with Crippen LogP contribution < -0.4 is 14.8 Å². The van der Waals surface area contributed by atoms with E-state index >= 15 is 0 Å². The van der Waals surface area contributed by atoms with Crippen molar-refractivity contribution >= 4 is 12.4 Å². The molecule has 0 amide bonds. The van der Waals surface area contributed by atoms with Gasteiger partial charge < -0.3 is 25.0 Å². The molecule has 2 fully saturated rings. The quantitative estimate of drug-likeness (QED) is 0.187. The molecule has 3 aliphatic heterocycles. The molecule has 3 N–H and O–H groups in total. The normalized spacial score (nSPS) is 16.8. The summed E-state index contributed by atoms with van der Waals surface area (Å²) in [6.07, 6.45) is 7.49. The number of aliphatic imine (C=N–C) groups is 2. The van der Waals surface area contributed by atoms with Crippen LogP contribution >= 0.6 is 0 Å². The smallest absolute Gasteiger partial charge is 0.132 e. The highest BCUT2D eigenvalue weighted by Crippen LogP contribution is 2.41. The van der Waals surface area contributed by atoms with Crippen molar-refractivity contribution in [2.75, 3.05) is 13.1 Å². The van der Waals surface area contributed by atoms with Gasteiger partial charge in [0.05, 0.1) is 47.0 Å². The standard InChI is InChI=1S/C20H22N2O2.C19H21N3O2/c1-20(2,14-4-3-5-14)24-19-10-17(13-6-8-15(23)9-7-13)22-18-12-21-11-16(18)19;1-19(2,13-8-20-9-13)24-18-7-16(12-3-5-14(23)6-4-12)22-17-11-21-10-15(17)18/h6-11,14,23H,3-5,12H2,1-2H3;3-7,10,13,20,23H,8-9,11H2,1-2H3. The summed E-state index contributed by atoms with van der Waals surface area (Å²) in [4.78, 5) is 18.2. The summed E-state index contributed by atoms with van der Waals surface area (Å²) in [5.74, 6) is 3.31. The second-order valence-corrected chi connectivity index (χ2v) is 14.2. The maximum absolute atomic E-state index is 9.50. The molecule has 1 aliphatic carbocycles. The van der Waals surface area contributed by atoms with Crippen molar-refractivity contribution in [2.45, 2.75) is 71.2 Å². The van der Waals surface area contributed by atoms with E-state index in [0.717, 1.165) is 69.6 Å². The number of aromatic nitrogens is 2. The van der Waals surface area contributed by atoms with Gasteiger partial charge in [0.2, 0.25) is 0 Å². The molecule has 4 aromatic rings. The number of phenols is 2. The third-order valence-electron chi connectivity index (χ3n) is 10.0. The first-order valence-electron chi connectivity index (χ1n) is 16.8. The van der Waals surface area contributed by atoms with Gasteiger partial charge in [0.15, 0.2) is 0 Å². The molecule has 248 valence electrons. The van der Waals surface area contributed by atoms with Crippen LogP contribution in [0.25, 0.3) is 22.5 Å². The molecule has 8 rings (SSSR count). The average Bonchev–Trinajstić information content (AvgIpc) is 3.66. The second kappa shape index (κ2) is 12.7. The number of fused-ring (bicyclic) bond motifs is 2. The molecule has 0 spiro atoms. The van der Waals surface area contributed by atoms with E-state index in [1.807, 2.05) is 48.8 Å². The summed E-state index contributed by atoms with van der Waals surface area (Å²) in [6, 6.07) is 18.2. The minimum absolute atomic E-state index is 0.184. The SMILES string of the molecule is CC(C)(Oc1cc(-c2ccc(O)cc2)nc2c1C=NC2)C1CCC1.CC(C)(Oc1cc(-c2ccc(O)cc2)nc2c1C=NC2)C1CNC1. The maximum Gasteiger partial charge on any atom is 0.132 e. The summed E-state index contributed by atoms with van der Waals surface area (Å²) in [7, 11) is 0. The van der Waals surface area contributed by atoms with Crippen molar-refractivity contribution < 1.29 is 19.7 Å². The minimum Gasteiger partial charge on any atom is -0.508 e. The Morgan fingerprint density at radius 1 is 0.646 bits per heavy atom.